The lowest BCUT2D eigenvalue weighted by atomic mass is 10.1. The van der Waals surface area contributed by atoms with Gasteiger partial charge in [0.25, 0.3) is 0 Å². The summed E-state index contributed by atoms with van der Waals surface area (Å²) in [7, 11) is 4.84. The SMILES string of the molecule is COc1ccc(CNc2nc(C)c(-c3ccn(CCc4cccs4)n3)s2)c(OC)c1OC. The molecule has 0 spiro atoms. The summed E-state index contributed by atoms with van der Waals surface area (Å²) in [4.78, 5) is 7.13. The van der Waals surface area contributed by atoms with Crippen molar-refractivity contribution < 1.29 is 14.2 Å². The van der Waals surface area contributed by atoms with Crippen molar-refractivity contribution in [1.82, 2.24) is 14.8 Å². The van der Waals surface area contributed by atoms with E-state index < -0.39 is 0 Å². The van der Waals surface area contributed by atoms with Gasteiger partial charge in [0.15, 0.2) is 16.6 Å². The molecule has 0 amide bonds. The van der Waals surface area contributed by atoms with Crippen LogP contribution in [0.25, 0.3) is 10.6 Å². The van der Waals surface area contributed by atoms with Gasteiger partial charge in [-0.25, -0.2) is 4.98 Å². The predicted molar refractivity (Wildman–Crippen MR) is 130 cm³/mol. The Hall–Kier alpha value is -3.04. The number of thiazole rings is 1. The first-order valence-corrected chi connectivity index (χ1v) is 11.9. The molecule has 3 aromatic heterocycles. The molecule has 0 bridgehead atoms. The Morgan fingerprint density at radius 2 is 1.88 bits per heavy atom. The highest BCUT2D eigenvalue weighted by Crippen LogP contribution is 2.40. The molecule has 32 heavy (non-hydrogen) atoms. The summed E-state index contributed by atoms with van der Waals surface area (Å²) in [5.41, 5.74) is 2.86. The Balaban J connectivity index is 1.45. The van der Waals surface area contributed by atoms with E-state index in [0.717, 1.165) is 39.9 Å². The first kappa shape index (κ1) is 22.2. The largest absolute Gasteiger partial charge is 0.493 e. The van der Waals surface area contributed by atoms with Crippen molar-refractivity contribution >= 4 is 27.8 Å². The number of aryl methyl sites for hydroxylation is 3. The Bertz CT molecular complexity index is 1170. The van der Waals surface area contributed by atoms with E-state index in [0.29, 0.717) is 23.8 Å². The van der Waals surface area contributed by atoms with Gasteiger partial charge >= 0.3 is 0 Å². The van der Waals surface area contributed by atoms with Crippen LogP contribution in [0.15, 0.2) is 41.9 Å². The van der Waals surface area contributed by atoms with Gasteiger partial charge in [-0.05, 0) is 36.6 Å². The molecule has 0 aliphatic heterocycles. The topological polar surface area (TPSA) is 70.4 Å². The monoisotopic (exact) mass is 470 g/mol. The Kier molecular flexibility index (Phi) is 6.96. The molecule has 168 valence electrons. The zero-order valence-electron chi connectivity index (χ0n) is 18.5. The highest BCUT2D eigenvalue weighted by atomic mass is 32.1. The van der Waals surface area contributed by atoms with E-state index in [1.54, 1.807) is 44.0 Å². The molecular weight excluding hydrogens is 444 g/mol. The van der Waals surface area contributed by atoms with Crippen molar-refractivity contribution in [2.75, 3.05) is 26.6 Å². The molecule has 0 aliphatic carbocycles. The van der Waals surface area contributed by atoms with E-state index in [1.807, 2.05) is 29.9 Å². The summed E-state index contributed by atoms with van der Waals surface area (Å²) in [6.07, 6.45) is 3.02. The molecular formula is C23H26N4O3S2. The van der Waals surface area contributed by atoms with Gasteiger partial charge in [-0.1, -0.05) is 17.4 Å². The maximum atomic E-state index is 5.57. The van der Waals surface area contributed by atoms with Crippen molar-refractivity contribution in [3.63, 3.8) is 0 Å². The van der Waals surface area contributed by atoms with Gasteiger partial charge in [-0.2, -0.15) is 5.10 Å². The van der Waals surface area contributed by atoms with Crippen molar-refractivity contribution in [3.8, 4) is 27.8 Å². The van der Waals surface area contributed by atoms with Gasteiger partial charge in [0, 0.05) is 36.1 Å². The van der Waals surface area contributed by atoms with Gasteiger partial charge < -0.3 is 19.5 Å². The normalized spacial score (nSPS) is 10.9. The molecule has 4 rings (SSSR count). The fraction of sp³-hybridized carbons (Fsp3) is 0.304. The first-order valence-electron chi connectivity index (χ1n) is 10.2. The van der Waals surface area contributed by atoms with Crippen molar-refractivity contribution in [2.24, 2.45) is 0 Å². The fourth-order valence-electron chi connectivity index (χ4n) is 3.47. The van der Waals surface area contributed by atoms with Gasteiger partial charge in [0.05, 0.1) is 31.9 Å². The Morgan fingerprint density at radius 3 is 2.59 bits per heavy atom. The molecule has 3 heterocycles. The number of hydrogen-bond acceptors (Lipinski definition) is 8. The van der Waals surface area contributed by atoms with Crippen LogP contribution >= 0.6 is 22.7 Å². The summed E-state index contributed by atoms with van der Waals surface area (Å²) in [5, 5.41) is 11.1. The third-order valence-electron chi connectivity index (χ3n) is 5.05. The summed E-state index contributed by atoms with van der Waals surface area (Å²) < 4.78 is 18.4. The molecule has 0 atom stereocenters. The van der Waals surface area contributed by atoms with Crippen molar-refractivity contribution in [2.45, 2.75) is 26.4 Å². The van der Waals surface area contributed by atoms with E-state index in [4.69, 9.17) is 24.3 Å². The number of benzene rings is 1. The molecule has 4 aromatic rings. The first-order chi connectivity index (χ1) is 15.6. The van der Waals surface area contributed by atoms with E-state index in [-0.39, 0.29) is 0 Å². The Labute approximate surface area is 195 Å². The van der Waals surface area contributed by atoms with Crippen LogP contribution in [0.3, 0.4) is 0 Å². The van der Waals surface area contributed by atoms with Gasteiger partial charge in [-0.3, -0.25) is 4.68 Å². The maximum Gasteiger partial charge on any atom is 0.203 e. The lowest BCUT2D eigenvalue weighted by Crippen LogP contribution is -2.04. The molecule has 9 heteroatoms. The van der Waals surface area contributed by atoms with Crippen LogP contribution < -0.4 is 19.5 Å². The Morgan fingerprint density at radius 1 is 1.03 bits per heavy atom. The zero-order chi connectivity index (χ0) is 22.5. The second-order valence-electron chi connectivity index (χ2n) is 7.07. The average Bonchev–Trinajstić information content (AvgIpc) is 3.56. The minimum atomic E-state index is 0.547. The number of thiophene rings is 1. The molecule has 0 saturated heterocycles. The molecule has 1 N–H and O–H groups in total. The van der Waals surface area contributed by atoms with Gasteiger partial charge in [-0.15, -0.1) is 11.3 Å². The van der Waals surface area contributed by atoms with Crippen LogP contribution in [0.1, 0.15) is 16.1 Å². The molecule has 1 aromatic carbocycles. The van der Waals surface area contributed by atoms with E-state index >= 15 is 0 Å². The number of ether oxygens (including phenoxy) is 3. The quantitative estimate of drug-likeness (QED) is 0.341. The number of nitrogens with zero attached hydrogens (tertiary/aromatic N) is 3. The van der Waals surface area contributed by atoms with Crippen molar-refractivity contribution in [3.05, 3.63) is 58.0 Å². The minimum absolute atomic E-state index is 0.547. The smallest absolute Gasteiger partial charge is 0.203 e. The lowest BCUT2D eigenvalue weighted by Gasteiger charge is -2.15. The van der Waals surface area contributed by atoms with E-state index in [9.17, 15) is 0 Å². The summed E-state index contributed by atoms with van der Waals surface area (Å²) in [6.45, 7) is 3.42. The molecule has 0 saturated carbocycles. The number of rotatable bonds is 10. The highest BCUT2D eigenvalue weighted by molar-refractivity contribution is 7.19. The standard InChI is InChI=1S/C23H26N4O3S2/c1-15-22(18-10-12-27(26-18)11-9-17-6-5-13-31-17)32-23(25-15)24-14-16-7-8-19(28-2)21(30-4)20(16)29-3/h5-8,10,12-13H,9,11,14H2,1-4H3,(H,24,25). The summed E-state index contributed by atoms with van der Waals surface area (Å²) in [6, 6.07) is 10.1. The molecule has 0 unspecified atom stereocenters. The second kappa shape index (κ2) is 10.1. The van der Waals surface area contributed by atoms with Crippen LogP contribution in [0.5, 0.6) is 17.2 Å². The summed E-state index contributed by atoms with van der Waals surface area (Å²) >= 11 is 3.38. The van der Waals surface area contributed by atoms with E-state index in [2.05, 4.69) is 28.9 Å². The summed E-state index contributed by atoms with van der Waals surface area (Å²) in [5.74, 6) is 1.87. The van der Waals surface area contributed by atoms with Crippen LogP contribution in [0.2, 0.25) is 0 Å². The second-order valence-corrected chi connectivity index (χ2v) is 9.11. The van der Waals surface area contributed by atoms with Crippen LogP contribution in [0, 0.1) is 6.92 Å². The van der Waals surface area contributed by atoms with Crippen LogP contribution in [-0.2, 0) is 19.5 Å². The third kappa shape index (κ3) is 4.73. The van der Waals surface area contributed by atoms with Crippen molar-refractivity contribution in [1.29, 1.82) is 0 Å². The molecule has 7 nitrogen and oxygen atoms in total. The molecule has 0 radical (unpaired) electrons. The van der Waals surface area contributed by atoms with E-state index in [1.165, 1.54) is 4.88 Å². The van der Waals surface area contributed by atoms with Crippen LogP contribution in [0.4, 0.5) is 5.13 Å². The predicted octanol–water partition coefficient (Wildman–Crippen LogP) is 5.26. The number of anilines is 1. The third-order valence-corrected chi connectivity index (χ3v) is 7.13. The lowest BCUT2D eigenvalue weighted by molar-refractivity contribution is 0.322. The van der Waals surface area contributed by atoms with Crippen LogP contribution in [-0.4, -0.2) is 36.1 Å². The minimum Gasteiger partial charge on any atom is -0.493 e. The zero-order valence-corrected chi connectivity index (χ0v) is 20.2. The maximum absolute atomic E-state index is 5.57. The fourth-order valence-corrected chi connectivity index (χ4v) is 5.10. The number of nitrogens with one attached hydrogen (secondary N) is 1. The number of methoxy groups -OCH3 is 3. The molecule has 0 fully saturated rings. The molecule has 0 aliphatic rings. The highest BCUT2D eigenvalue weighted by Gasteiger charge is 2.17. The number of aromatic nitrogens is 3. The van der Waals surface area contributed by atoms with Gasteiger partial charge in [0.1, 0.15) is 5.69 Å². The average molecular weight is 471 g/mol. The number of hydrogen-bond donors (Lipinski definition) is 1. The van der Waals surface area contributed by atoms with Gasteiger partial charge in [0.2, 0.25) is 5.75 Å².